The smallest absolute Gasteiger partial charge is 0.266 e. The SMILES string of the molecule is COc1cc2c(cc1OCOc1ccc3nc(C)n(-c4ccc(Cl)cc4Cl)c(=O)c3c1)N=CC1CCCN1C2=O. The fourth-order valence-corrected chi connectivity index (χ4v) is 5.59. The highest BCUT2D eigenvalue weighted by molar-refractivity contribution is 6.35. The van der Waals surface area contributed by atoms with Crippen molar-refractivity contribution in [2.45, 2.75) is 25.8 Å². The molecule has 1 atom stereocenters. The first-order valence-corrected chi connectivity index (χ1v) is 13.4. The maximum absolute atomic E-state index is 13.5. The van der Waals surface area contributed by atoms with Crippen molar-refractivity contribution in [1.82, 2.24) is 14.5 Å². The second-order valence-corrected chi connectivity index (χ2v) is 10.3. The van der Waals surface area contributed by atoms with Crippen LogP contribution < -0.4 is 19.8 Å². The maximum Gasteiger partial charge on any atom is 0.266 e. The number of ether oxygens (including phenoxy) is 3. The summed E-state index contributed by atoms with van der Waals surface area (Å²) in [6.45, 7) is 2.27. The number of aromatic nitrogens is 2. The predicted molar refractivity (Wildman–Crippen MR) is 153 cm³/mol. The molecule has 4 aromatic rings. The third-order valence-corrected chi connectivity index (χ3v) is 7.59. The molecule has 0 bridgehead atoms. The van der Waals surface area contributed by atoms with Crippen LogP contribution in [-0.2, 0) is 0 Å². The van der Waals surface area contributed by atoms with Crippen molar-refractivity contribution in [3.63, 3.8) is 0 Å². The van der Waals surface area contributed by atoms with Crippen LogP contribution in [-0.4, -0.2) is 53.1 Å². The van der Waals surface area contributed by atoms with E-state index in [1.807, 2.05) is 11.1 Å². The number of halogens is 2. The zero-order valence-electron chi connectivity index (χ0n) is 21.7. The highest BCUT2D eigenvalue weighted by Gasteiger charge is 2.32. The zero-order valence-corrected chi connectivity index (χ0v) is 23.2. The number of aryl methyl sites for hydroxylation is 1. The predicted octanol–water partition coefficient (Wildman–Crippen LogP) is 5.75. The molecule has 0 radical (unpaired) electrons. The van der Waals surface area contributed by atoms with Gasteiger partial charge in [0, 0.05) is 23.8 Å². The molecule has 1 saturated heterocycles. The Morgan fingerprint density at radius 2 is 1.88 bits per heavy atom. The first kappa shape index (κ1) is 26.2. The Bertz CT molecular complexity index is 1750. The average Bonchev–Trinajstić information content (AvgIpc) is 3.37. The topological polar surface area (TPSA) is 95.2 Å². The van der Waals surface area contributed by atoms with Gasteiger partial charge in [-0.05, 0) is 62.2 Å². The molecule has 2 aliphatic rings. The number of benzene rings is 3. The lowest BCUT2D eigenvalue weighted by molar-refractivity contribution is 0.0774. The van der Waals surface area contributed by atoms with Crippen LogP contribution in [0.4, 0.5) is 5.69 Å². The van der Waals surface area contributed by atoms with Gasteiger partial charge in [0.1, 0.15) is 11.6 Å². The zero-order chi connectivity index (χ0) is 28.0. The molecule has 0 spiro atoms. The second kappa shape index (κ2) is 10.5. The number of hydrogen-bond donors (Lipinski definition) is 0. The van der Waals surface area contributed by atoms with Crippen molar-refractivity contribution < 1.29 is 19.0 Å². The number of carbonyl (C=O) groups is 1. The number of methoxy groups -OCH3 is 1. The normalized spacial score (nSPS) is 16.1. The summed E-state index contributed by atoms with van der Waals surface area (Å²) in [4.78, 5) is 37.5. The molecule has 1 fully saturated rings. The first-order valence-electron chi connectivity index (χ1n) is 12.7. The molecule has 40 heavy (non-hydrogen) atoms. The third-order valence-electron chi connectivity index (χ3n) is 7.06. The number of amides is 1. The van der Waals surface area contributed by atoms with Gasteiger partial charge < -0.3 is 19.1 Å². The van der Waals surface area contributed by atoms with Gasteiger partial charge in [-0.1, -0.05) is 23.2 Å². The number of aliphatic imine (C=N–C) groups is 1. The first-order chi connectivity index (χ1) is 19.3. The highest BCUT2D eigenvalue weighted by Crippen LogP contribution is 2.38. The molecule has 6 rings (SSSR count). The highest BCUT2D eigenvalue weighted by atomic mass is 35.5. The molecule has 2 aliphatic heterocycles. The summed E-state index contributed by atoms with van der Waals surface area (Å²) >= 11 is 12.4. The van der Waals surface area contributed by atoms with E-state index in [2.05, 4.69) is 9.98 Å². The molecular weight excluding hydrogens is 555 g/mol. The van der Waals surface area contributed by atoms with E-state index in [4.69, 9.17) is 37.4 Å². The minimum atomic E-state index is -0.298. The summed E-state index contributed by atoms with van der Waals surface area (Å²) in [5.74, 6) is 1.60. The average molecular weight is 579 g/mol. The Hall–Kier alpha value is -4.08. The van der Waals surface area contributed by atoms with E-state index in [1.165, 1.54) is 11.7 Å². The number of nitrogens with zero attached hydrogens (tertiary/aromatic N) is 4. The maximum atomic E-state index is 13.5. The van der Waals surface area contributed by atoms with Crippen LogP contribution in [0.2, 0.25) is 10.0 Å². The Morgan fingerprint density at radius 1 is 1.02 bits per heavy atom. The molecule has 0 N–H and O–H groups in total. The summed E-state index contributed by atoms with van der Waals surface area (Å²) in [6, 6.07) is 13.3. The van der Waals surface area contributed by atoms with Crippen LogP contribution in [0.3, 0.4) is 0 Å². The van der Waals surface area contributed by atoms with Crippen LogP contribution >= 0.6 is 23.2 Å². The van der Waals surface area contributed by atoms with Gasteiger partial charge in [0.2, 0.25) is 6.79 Å². The Labute approximate surface area is 239 Å². The second-order valence-electron chi connectivity index (χ2n) is 9.49. The summed E-state index contributed by atoms with van der Waals surface area (Å²) < 4.78 is 18.6. The van der Waals surface area contributed by atoms with Gasteiger partial charge >= 0.3 is 0 Å². The van der Waals surface area contributed by atoms with Crippen molar-refractivity contribution in [3.8, 4) is 22.9 Å². The Balaban J connectivity index is 1.25. The molecular formula is C29H24Cl2N4O5. The van der Waals surface area contributed by atoms with Crippen LogP contribution in [0, 0.1) is 6.92 Å². The van der Waals surface area contributed by atoms with Crippen LogP contribution in [0.15, 0.2) is 58.3 Å². The monoisotopic (exact) mass is 578 g/mol. The number of rotatable bonds is 6. The summed E-state index contributed by atoms with van der Waals surface area (Å²) in [6.07, 6.45) is 3.68. The largest absolute Gasteiger partial charge is 0.493 e. The van der Waals surface area contributed by atoms with Gasteiger partial charge in [0.05, 0.1) is 46.0 Å². The molecule has 11 heteroatoms. The van der Waals surface area contributed by atoms with Gasteiger partial charge in [-0.25, -0.2) is 4.98 Å². The van der Waals surface area contributed by atoms with Crippen molar-refractivity contribution in [2.75, 3.05) is 20.4 Å². The lowest BCUT2D eigenvalue weighted by atomic mass is 10.1. The number of fused-ring (bicyclic) bond motifs is 3. The van der Waals surface area contributed by atoms with E-state index >= 15 is 0 Å². The van der Waals surface area contributed by atoms with Gasteiger partial charge in [-0.2, -0.15) is 0 Å². The molecule has 1 unspecified atom stereocenters. The summed E-state index contributed by atoms with van der Waals surface area (Å²) in [7, 11) is 1.51. The van der Waals surface area contributed by atoms with E-state index < -0.39 is 0 Å². The van der Waals surface area contributed by atoms with E-state index in [0.717, 1.165) is 12.8 Å². The molecule has 3 heterocycles. The van der Waals surface area contributed by atoms with Gasteiger partial charge in [0.25, 0.3) is 11.5 Å². The molecule has 0 saturated carbocycles. The fourth-order valence-electron chi connectivity index (χ4n) is 5.09. The van der Waals surface area contributed by atoms with Crippen molar-refractivity contribution in [3.05, 3.63) is 80.3 Å². The van der Waals surface area contributed by atoms with E-state index in [1.54, 1.807) is 55.5 Å². The van der Waals surface area contributed by atoms with E-state index in [0.29, 0.717) is 67.5 Å². The van der Waals surface area contributed by atoms with Crippen molar-refractivity contribution in [2.24, 2.45) is 4.99 Å². The van der Waals surface area contributed by atoms with Gasteiger partial charge in [-0.15, -0.1) is 0 Å². The summed E-state index contributed by atoms with van der Waals surface area (Å²) in [5.41, 5.74) is 1.69. The van der Waals surface area contributed by atoms with Crippen molar-refractivity contribution >= 4 is 51.9 Å². The number of carbonyl (C=O) groups excluding carboxylic acids is 1. The van der Waals surface area contributed by atoms with E-state index in [-0.39, 0.29) is 24.3 Å². The standard InChI is InChI=1S/C29H24Cl2N4O5/c1-16-33-23-7-6-19(11-20(23)29(37)35(16)25-8-5-17(30)10-22(25)31)39-15-40-27-13-24-21(12-26(27)38-2)28(36)34-9-3-4-18(34)14-32-24/h5-8,10-14,18H,3-4,9,15H2,1-2H3. The van der Waals surface area contributed by atoms with Crippen LogP contribution in [0.1, 0.15) is 29.0 Å². The van der Waals surface area contributed by atoms with Gasteiger partial charge in [-0.3, -0.25) is 19.1 Å². The molecule has 1 aromatic heterocycles. The van der Waals surface area contributed by atoms with Crippen LogP contribution in [0.25, 0.3) is 16.6 Å². The lowest BCUT2D eigenvalue weighted by Gasteiger charge is -2.20. The quantitative estimate of drug-likeness (QED) is 0.270. The minimum Gasteiger partial charge on any atom is -0.493 e. The third kappa shape index (κ3) is 4.65. The van der Waals surface area contributed by atoms with Gasteiger partial charge in [0.15, 0.2) is 11.5 Å². The Kier molecular flexibility index (Phi) is 6.85. The van der Waals surface area contributed by atoms with E-state index in [9.17, 15) is 9.59 Å². The molecule has 9 nitrogen and oxygen atoms in total. The Morgan fingerprint density at radius 3 is 2.67 bits per heavy atom. The fraction of sp³-hybridized carbons (Fsp3) is 0.241. The lowest BCUT2D eigenvalue weighted by Crippen LogP contribution is -2.35. The molecule has 0 aliphatic carbocycles. The van der Waals surface area contributed by atoms with Crippen LogP contribution in [0.5, 0.6) is 17.2 Å². The molecule has 1 amide bonds. The number of hydrogen-bond acceptors (Lipinski definition) is 7. The summed E-state index contributed by atoms with van der Waals surface area (Å²) in [5, 5.41) is 1.15. The molecule has 3 aromatic carbocycles. The van der Waals surface area contributed by atoms with Crippen molar-refractivity contribution in [1.29, 1.82) is 0 Å². The minimum absolute atomic E-state index is 0.00470. The molecule has 204 valence electrons.